The molecule has 0 spiro atoms. The highest BCUT2D eigenvalue weighted by molar-refractivity contribution is 6.32. The number of carbonyl (C=O) groups excluding carboxylic acids is 2. The Balaban J connectivity index is 1.52. The minimum Gasteiger partial charge on any atom is -0.341 e. The third-order valence-corrected chi connectivity index (χ3v) is 6.34. The molecule has 0 aliphatic carbocycles. The van der Waals surface area contributed by atoms with E-state index in [0.29, 0.717) is 45.4 Å². The molecule has 2 aliphatic heterocycles. The summed E-state index contributed by atoms with van der Waals surface area (Å²) in [6, 6.07) is 13.5. The molecule has 2 N–H and O–H groups in total. The number of nitrogens with zero attached hydrogens (tertiary/aromatic N) is 1. The fraction of sp³-hybridized carbons (Fsp3) is 0.130. The third kappa shape index (κ3) is 3.32. The molecule has 3 aromatic carbocycles. The van der Waals surface area contributed by atoms with Gasteiger partial charge < -0.3 is 10.6 Å². The predicted octanol–water partition coefficient (Wildman–Crippen LogP) is 5.56. The molecule has 1 unspecified atom stereocenters. The van der Waals surface area contributed by atoms with Crippen LogP contribution in [0.1, 0.15) is 33.1 Å². The van der Waals surface area contributed by atoms with Crippen molar-refractivity contribution in [3.63, 3.8) is 0 Å². The molecular weight excluding hydrogens is 440 g/mol. The average Bonchev–Trinajstić information content (AvgIpc) is 3.33. The van der Waals surface area contributed by atoms with Crippen molar-refractivity contribution >= 4 is 46.5 Å². The molecule has 3 amide bonds. The first-order valence-electron chi connectivity index (χ1n) is 9.68. The van der Waals surface area contributed by atoms with Gasteiger partial charge >= 0.3 is 6.03 Å². The van der Waals surface area contributed by atoms with Crippen LogP contribution in [0.3, 0.4) is 0 Å². The number of amides is 3. The van der Waals surface area contributed by atoms with E-state index in [2.05, 4.69) is 10.6 Å². The van der Waals surface area contributed by atoms with Crippen molar-refractivity contribution in [2.24, 2.45) is 0 Å². The van der Waals surface area contributed by atoms with Gasteiger partial charge in [-0.1, -0.05) is 35.3 Å². The van der Waals surface area contributed by atoms with E-state index >= 15 is 0 Å². The van der Waals surface area contributed by atoms with Crippen LogP contribution in [0.15, 0.2) is 54.6 Å². The van der Waals surface area contributed by atoms with Gasteiger partial charge in [0.25, 0.3) is 5.91 Å². The van der Waals surface area contributed by atoms with E-state index in [1.54, 1.807) is 35.2 Å². The van der Waals surface area contributed by atoms with Crippen LogP contribution in [0, 0.1) is 5.82 Å². The zero-order chi connectivity index (χ0) is 21.7. The molecule has 31 heavy (non-hydrogen) atoms. The molecule has 0 aromatic heterocycles. The lowest BCUT2D eigenvalue weighted by atomic mass is 9.96. The lowest BCUT2D eigenvalue weighted by Crippen LogP contribution is -2.33. The molecule has 3 aromatic rings. The number of nitrogens with one attached hydrogen (secondary N) is 2. The molecule has 0 bridgehead atoms. The summed E-state index contributed by atoms with van der Waals surface area (Å²) < 4.78 is 13.9. The molecule has 156 valence electrons. The lowest BCUT2D eigenvalue weighted by molar-refractivity contribution is 0.0960. The molecular formula is C23H16Cl2FN3O2. The number of rotatable bonds is 2. The minimum atomic E-state index is -0.678. The normalized spacial score (nSPS) is 16.7. The maximum atomic E-state index is 13.9. The zero-order valence-corrected chi connectivity index (χ0v) is 17.6. The van der Waals surface area contributed by atoms with E-state index < -0.39 is 11.9 Å². The average molecular weight is 456 g/mol. The quantitative estimate of drug-likeness (QED) is 0.531. The summed E-state index contributed by atoms with van der Waals surface area (Å²) in [5.41, 5.74) is 3.54. The number of urea groups is 1. The standard InChI is InChI=1S/C23H16Cl2FN3O2/c24-16-4-2-6-19-13(16)9-10-29(19)23(31)27-18-5-1-3-14-20(18)21(28-22(14)30)15-11-12(26)7-8-17(15)25/h1-8,11,21H,9-10H2,(H,27,31)(H,28,30). The molecule has 0 fully saturated rings. The molecule has 5 rings (SSSR count). The summed E-state index contributed by atoms with van der Waals surface area (Å²) in [7, 11) is 0. The first-order valence-corrected chi connectivity index (χ1v) is 10.4. The Morgan fingerprint density at radius 3 is 2.74 bits per heavy atom. The molecule has 1 atom stereocenters. The van der Waals surface area contributed by atoms with Crippen LogP contribution in [0.4, 0.5) is 20.6 Å². The van der Waals surface area contributed by atoms with Crippen LogP contribution < -0.4 is 15.5 Å². The van der Waals surface area contributed by atoms with Crippen LogP contribution in [-0.4, -0.2) is 18.5 Å². The van der Waals surface area contributed by atoms with Gasteiger partial charge in [0.1, 0.15) is 5.82 Å². The molecule has 5 nitrogen and oxygen atoms in total. The predicted molar refractivity (Wildman–Crippen MR) is 119 cm³/mol. The number of halogens is 3. The first-order chi connectivity index (χ1) is 14.9. The summed E-state index contributed by atoms with van der Waals surface area (Å²) in [5, 5.41) is 6.70. The smallest absolute Gasteiger partial charge is 0.326 e. The van der Waals surface area contributed by atoms with Gasteiger partial charge in [-0.25, -0.2) is 9.18 Å². The summed E-state index contributed by atoms with van der Waals surface area (Å²) in [6.07, 6.45) is 0.664. The molecule has 8 heteroatoms. The zero-order valence-electron chi connectivity index (χ0n) is 16.1. The first kappa shape index (κ1) is 19.8. The SMILES string of the molecule is O=C1NC(c2cc(F)ccc2Cl)c2c(NC(=O)N3CCc4c(Cl)cccc43)cccc21. The van der Waals surface area contributed by atoms with Crippen LogP contribution in [0.2, 0.25) is 10.0 Å². The fourth-order valence-corrected chi connectivity index (χ4v) is 4.71. The van der Waals surface area contributed by atoms with E-state index in [1.165, 1.54) is 18.2 Å². The highest BCUT2D eigenvalue weighted by Crippen LogP contribution is 2.40. The molecule has 0 saturated carbocycles. The van der Waals surface area contributed by atoms with Gasteiger partial charge in [0.15, 0.2) is 0 Å². The van der Waals surface area contributed by atoms with Crippen molar-refractivity contribution in [2.45, 2.75) is 12.5 Å². The van der Waals surface area contributed by atoms with Crippen LogP contribution in [-0.2, 0) is 6.42 Å². The highest BCUT2D eigenvalue weighted by atomic mass is 35.5. The van der Waals surface area contributed by atoms with E-state index in [1.807, 2.05) is 6.07 Å². The second kappa shape index (κ2) is 7.55. The second-order valence-electron chi connectivity index (χ2n) is 7.41. The fourth-order valence-electron chi connectivity index (χ4n) is 4.22. The van der Waals surface area contributed by atoms with Crippen molar-refractivity contribution in [1.82, 2.24) is 5.32 Å². The van der Waals surface area contributed by atoms with Gasteiger partial charge in [0.05, 0.1) is 11.7 Å². The highest BCUT2D eigenvalue weighted by Gasteiger charge is 2.35. The summed E-state index contributed by atoms with van der Waals surface area (Å²) in [6.45, 7) is 0.496. The number of carbonyl (C=O) groups is 2. The molecule has 2 aliphatic rings. The van der Waals surface area contributed by atoms with Crippen molar-refractivity contribution in [3.8, 4) is 0 Å². The second-order valence-corrected chi connectivity index (χ2v) is 8.22. The number of benzene rings is 3. The van der Waals surface area contributed by atoms with Crippen molar-refractivity contribution in [3.05, 3.63) is 92.7 Å². The lowest BCUT2D eigenvalue weighted by Gasteiger charge is -2.21. The topological polar surface area (TPSA) is 61.4 Å². The summed E-state index contributed by atoms with van der Waals surface area (Å²) in [5.74, 6) is -0.774. The Bertz CT molecular complexity index is 1250. The van der Waals surface area contributed by atoms with Crippen LogP contribution in [0.5, 0.6) is 0 Å². The minimum absolute atomic E-state index is 0.310. The van der Waals surface area contributed by atoms with Gasteiger partial charge in [-0.2, -0.15) is 0 Å². The third-order valence-electron chi connectivity index (χ3n) is 5.64. The molecule has 0 radical (unpaired) electrons. The Hall–Kier alpha value is -3.09. The monoisotopic (exact) mass is 455 g/mol. The largest absolute Gasteiger partial charge is 0.341 e. The Morgan fingerprint density at radius 1 is 1.10 bits per heavy atom. The van der Waals surface area contributed by atoms with E-state index in [0.717, 1.165) is 11.3 Å². The summed E-state index contributed by atoms with van der Waals surface area (Å²) >= 11 is 12.6. The van der Waals surface area contributed by atoms with Crippen LogP contribution >= 0.6 is 23.2 Å². The maximum Gasteiger partial charge on any atom is 0.326 e. The van der Waals surface area contributed by atoms with Gasteiger partial charge in [-0.05, 0) is 54.4 Å². The Labute approximate surface area is 187 Å². The van der Waals surface area contributed by atoms with Gasteiger partial charge in [-0.15, -0.1) is 0 Å². The molecule has 0 saturated heterocycles. The van der Waals surface area contributed by atoms with E-state index in [9.17, 15) is 14.0 Å². The number of fused-ring (bicyclic) bond motifs is 2. The number of hydrogen-bond acceptors (Lipinski definition) is 2. The van der Waals surface area contributed by atoms with Crippen molar-refractivity contribution in [2.75, 3.05) is 16.8 Å². The van der Waals surface area contributed by atoms with Gasteiger partial charge in [-0.3, -0.25) is 9.69 Å². The van der Waals surface area contributed by atoms with Crippen molar-refractivity contribution < 1.29 is 14.0 Å². The van der Waals surface area contributed by atoms with E-state index in [-0.39, 0.29) is 11.9 Å². The van der Waals surface area contributed by atoms with Crippen molar-refractivity contribution in [1.29, 1.82) is 0 Å². The van der Waals surface area contributed by atoms with Gasteiger partial charge in [0.2, 0.25) is 0 Å². The summed E-state index contributed by atoms with van der Waals surface area (Å²) in [4.78, 5) is 27.3. The Morgan fingerprint density at radius 2 is 1.90 bits per heavy atom. The van der Waals surface area contributed by atoms with Crippen LogP contribution in [0.25, 0.3) is 0 Å². The van der Waals surface area contributed by atoms with E-state index in [4.69, 9.17) is 23.2 Å². The Kier molecular flexibility index (Phi) is 4.84. The van der Waals surface area contributed by atoms with Gasteiger partial charge in [0, 0.05) is 39.0 Å². The number of hydrogen-bond donors (Lipinski definition) is 2. The number of anilines is 2. The molecule has 2 heterocycles. The maximum absolute atomic E-state index is 13.9.